The molecule has 2 aliphatic rings. The number of benzene rings is 2. The molecule has 0 unspecified atom stereocenters. The molecule has 0 radical (unpaired) electrons. The first kappa shape index (κ1) is 18.9. The van der Waals surface area contributed by atoms with Crippen LogP contribution in [-0.2, 0) is 11.2 Å². The van der Waals surface area contributed by atoms with E-state index in [-0.39, 0.29) is 18.4 Å². The molecule has 0 saturated heterocycles. The zero-order valence-corrected chi connectivity index (χ0v) is 16.6. The Balaban J connectivity index is 1.46. The predicted molar refractivity (Wildman–Crippen MR) is 107 cm³/mol. The summed E-state index contributed by atoms with van der Waals surface area (Å²) in [5, 5.41) is 3.68. The summed E-state index contributed by atoms with van der Waals surface area (Å²) in [7, 11) is 1.65. The number of amides is 1. The molecular formula is C22H24ClNO4. The number of carbonyl (C=O) groups excluding carboxylic acids is 1. The molecule has 1 saturated carbocycles. The Labute approximate surface area is 169 Å². The number of hydrogen-bond acceptors (Lipinski definition) is 4. The Morgan fingerprint density at radius 3 is 2.68 bits per heavy atom. The van der Waals surface area contributed by atoms with Gasteiger partial charge >= 0.3 is 0 Å². The fraction of sp³-hybridized carbons (Fsp3) is 0.409. The minimum absolute atomic E-state index is 0.0225. The van der Waals surface area contributed by atoms with Crippen LogP contribution >= 0.6 is 11.6 Å². The minimum Gasteiger partial charge on any atom is -0.497 e. The molecule has 5 nitrogen and oxygen atoms in total. The smallest absolute Gasteiger partial charge is 0.224 e. The zero-order valence-electron chi connectivity index (χ0n) is 15.9. The number of hydrogen-bond donors (Lipinski definition) is 1. The van der Waals surface area contributed by atoms with Gasteiger partial charge in [0.1, 0.15) is 5.75 Å². The SMILES string of the molecule is COc1ccc([C@@H](NC(=O)Cc2cc(Cl)c3c(c2)OCCCO3)C2CC2)cc1. The van der Waals surface area contributed by atoms with Crippen LogP contribution in [0.25, 0.3) is 0 Å². The van der Waals surface area contributed by atoms with Gasteiger partial charge in [-0.1, -0.05) is 23.7 Å². The maximum absolute atomic E-state index is 12.7. The van der Waals surface area contributed by atoms with E-state index < -0.39 is 0 Å². The van der Waals surface area contributed by atoms with Crippen molar-refractivity contribution in [2.75, 3.05) is 20.3 Å². The van der Waals surface area contributed by atoms with Crippen molar-refractivity contribution >= 4 is 17.5 Å². The number of methoxy groups -OCH3 is 1. The molecule has 0 spiro atoms. The minimum atomic E-state index is -0.0294. The quantitative estimate of drug-likeness (QED) is 0.783. The van der Waals surface area contributed by atoms with Gasteiger partial charge in [0, 0.05) is 6.42 Å². The van der Waals surface area contributed by atoms with E-state index >= 15 is 0 Å². The summed E-state index contributed by atoms with van der Waals surface area (Å²) in [6.45, 7) is 1.16. The lowest BCUT2D eigenvalue weighted by Gasteiger charge is -2.19. The topological polar surface area (TPSA) is 56.8 Å². The van der Waals surface area contributed by atoms with Crippen LogP contribution in [-0.4, -0.2) is 26.2 Å². The number of halogens is 1. The molecule has 0 aromatic heterocycles. The molecule has 2 aromatic carbocycles. The fourth-order valence-corrected chi connectivity index (χ4v) is 3.80. The number of fused-ring (bicyclic) bond motifs is 1. The van der Waals surface area contributed by atoms with E-state index in [9.17, 15) is 4.79 Å². The zero-order chi connectivity index (χ0) is 19.5. The summed E-state index contributed by atoms with van der Waals surface area (Å²) in [4.78, 5) is 12.7. The normalized spacial score (nSPS) is 16.8. The highest BCUT2D eigenvalue weighted by molar-refractivity contribution is 6.32. The van der Waals surface area contributed by atoms with E-state index in [1.807, 2.05) is 30.3 Å². The van der Waals surface area contributed by atoms with E-state index in [1.54, 1.807) is 13.2 Å². The Morgan fingerprint density at radius 1 is 1.21 bits per heavy atom. The molecule has 1 aliphatic carbocycles. The third kappa shape index (κ3) is 4.36. The molecule has 1 aliphatic heterocycles. The summed E-state index contributed by atoms with van der Waals surface area (Å²) < 4.78 is 16.6. The van der Waals surface area contributed by atoms with Crippen LogP contribution in [0.3, 0.4) is 0 Å². The summed E-state index contributed by atoms with van der Waals surface area (Å²) in [6, 6.07) is 11.6. The van der Waals surface area contributed by atoms with Gasteiger partial charge in [-0.2, -0.15) is 0 Å². The molecule has 4 rings (SSSR count). The first-order chi connectivity index (χ1) is 13.6. The number of carbonyl (C=O) groups is 1. The van der Waals surface area contributed by atoms with Crippen LogP contribution in [0, 0.1) is 5.92 Å². The largest absolute Gasteiger partial charge is 0.497 e. The van der Waals surface area contributed by atoms with Crippen molar-refractivity contribution in [1.82, 2.24) is 5.32 Å². The highest BCUT2D eigenvalue weighted by Crippen LogP contribution is 2.42. The third-order valence-corrected chi connectivity index (χ3v) is 5.39. The van der Waals surface area contributed by atoms with Gasteiger partial charge in [-0.15, -0.1) is 0 Å². The fourth-order valence-electron chi connectivity index (χ4n) is 3.51. The lowest BCUT2D eigenvalue weighted by molar-refractivity contribution is -0.121. The maximum atomic E-state index is 12.7. The molecular weight excluding hydrogens is 378 g/mol. The van der Waals surface area contributed by atoms with Crippen LogP contribution in [0.1, 0.15) is 36.4 Å². The van der Waals surface area contributed by atoms with Gasteiger partial charge < -0.3 is 19.5 Å². The molecule has 1 amide bonds. The van der Waals surface area contributed by atoms with Gasteiger partial charge in [-0.25, -0.2) is 0 Å². The first-order valence-corrected chi connectivity index (χ1v) is 10.0. The van der Waals surface area contributed by atoms with Gasteiger partial charge in [0.2, 0.25) is 5.91 Å². The van der Waals surface area contributed by atoms with Crippen LogP contribution in [0.5, 0.6) is 17.2 Å². The van der Waals surface area contributed by atoms with Crippen molar-refractivity contribution in [3.8, 4) is 17.2 Å². The molecule has 148 valence electrons. The third-order valence-electron chi connectivity index (χ3n) is 5.11. The van der Waals surface area contributed by atoms with E-state index in [0.29, 0.717) is 35.7 Å². The molecule has 2 aromatic rings. The Bertz CT molecular complexity index is 848. The second-order valence-electron chi connectivity index (χ2n) is 7.29. The van der Waals surface area contributed by atoms with Crippen LogP contribution in [0.15, 0.2) is 36.4 Å². The van der Waals surface area contributed by atoms with Gasteiger partial charge in [0.25, 0.3) is 0 Å². The Kier molecular flexibility index (Phi) is 5.62. The second kappa shape index (κ2) is 8.31. The van der Waals surface area contributed by atoms with Crippen molar-refractivity contribution in [3.05, 3.63) is 52.5 Å². The van der Waals surface area contributed by atoms with Gasteiger partial charge in [-0.3, -0.25) is 4.79 Å². The van der Waals surface area contributed by atoms with Crippen LogP contribution in [0.4, 0.5) is 0 Å². The summed E-state index contributed by atoms with van der Waals surface area (Å²) >= 11 is 6.35. The monoisotopic (exact) mass is 401 g/mol. The number of ether oxygens (including phenoxy) is 3. The lowest BCUT2D eigenvalue weighted by atomic mass is 10.0. The molecule has 1 heterocycles. The Morgan fingerprint density at radius 2 is 1.96 bits per heavy atom. The lowest BCUT2D eigenvalue weighted by Crippen LogP contribution is -2.31. The van der Waals surface area contributed by atoms with Crippen LogP contribution in [0.2, 0.25) is 5.02 Å². The van der Waals surface area contributed by atoms with Crippen molar-refractivity contribution in [1.29, 1.82) is 0 Å². The van der Waals surface area contributed by atoms with Crippen molar-refractivity contribution in [3.63, 3.8) is 0 Å². The average molecular weight is 402 g/mol. The molecule has 28 heavy (non-hydrogen) atoms. The van der Waals surface area contributed by atoms with Gasteiger partial charge in [0.15, 0.2) is 11.5 Å². The van der Waals surface area contributed by atoms with Crippen molar-refractivity contribution in [2.24, 2.45) is 5.92 Å². The molecule has 1 atom stereocenters. The molecule has 1 N–H and O–H groups in total. The highest BCUT2D eigenvalue weighted by atomic mass is 35.5. The van der Waals surface area contributed by atoms with E-state index in [4.69, 9.17) is 25.8 Å². The molecule has 6 heteroatoms. The average Bonchev–Trinajstić information content (AvgIpc) is 3.53. The predicted octanol–water partition coefficient (Wildman–Crippen LogP) is 4.32. The highest BCUT2D eigenvalue weighted by Gasteiger charge is 2.33. The van der Waals surface area contributed by atoms with E-state index in [2.05, 4.69) is 5.32 Å². The summed E-state index contributed by atoms with van der Waals surface area (Å²) in [5.74, 6) is 2.45. The molecule has 0 bridgehead atoms. The van der Waals surface area contributed by atoms with E-state index in [0.717, 1.165) is 36.1 Å². The maximum Gasteiger partial charge on any atom is 0.224 e. The molecule has 1 fully saturated rings. The summed E-state index contributed by atoms with van der Waals surface area (Å²) in [6.07, 6.45) is 3.32. The van der Waals surface area contributed by atoms with Gasteiger partial charge in [0.05, 0.1) is 37.8 Å². The number of nitrogens with one attached hydrogen (secondary N) is 1. The second-order valence-corrected chi connectivity index (χ2v) is 7.70. The summed E-state index contributed by atoms with van der Waals surface area (Å²) in [5.41, 5.74) is 1.92. The number of rotatable bonds is 6. The Hall–Kier alpha value is -2.40. The van der Waals surface area contributed by atoms with Crippen LogP contribution < -0.4 is 19.5 Å². The first-order valence-electron chi connectivity index (χ1n) is 9.65. The van der Waals surface area contributed by atoms with Crippen molar-refractivity contribution < 1.29 is 19.0 Å². The van der Waals surface area contributed by atoms with Gasteiger partial charge in [-0.05, 0) is 54.2 Å². The standard InChI is InChI=1S/C22H24ClNO4/c1-26-17-7-5-16(6-8-17)21(15-3-4-15)24-20(25)13-14-11-18(23)22-19(12-14)27-9-2-10-28-22/h5-8,11-12,15,21H,2-4,9-10,13H2,1H3,(H,24,25)/t21-/m0/s1. The van der Waals surface area contributed by atoms with E-state index in [1.165, 1.54) is 0 Å². The van der Waals surface area contributed by atoms with Crippen molar-refractivity contribution in [2.45, 2.75) is 31.7 Å².